The van der Waals surface area contributed by atoms with Gasteiger partial charge in [-0.05, 0) is 36.6 Å². The fourth-order valence-corrected chi connectivity index (χ4v) is 2.02. The number of aliphatic hydroxyl groups excluding tert-OH is 1. The second-order valence-corrected chi connectivity index (χ2v) is 5.73. The van der Waals surface area contributed by atoms with Gasteiger partial charge in [-0.1, -0.05) is 30.7 Å². The van der Waals surface area contributed by atoms with Crippen molar-refractivity contribution in [3.63, 3.8) is 0 Å². The van der Waals surface area contributed by atoms with E-state index in [0.29, 0.717) is 23.2 Å². The Morgan fingerprint density at radius 2 is 2.00 bits per heavy atom. The first kappa shape index (κ1) is 15.8. The molecule has 0 aliphatic carbocycles. The molecule has 0 bridgehead atoms. The number of rotatable bonds is 7. The minimum Gasteiger partial charge on any atom is -0.487 e. The summed E-state index contributed by atoms with van der Waals surface area (Å²) in [6.45, 7) is 5.27. The molecule has 2 rings (SSSR count). The zero-order valence-corrected chi connectivity index (χ0v) is 13.0. The van der Waals surface area contributed by atoms with Crippen molar-refractivity contribution in [3.8, 4) is 5.75 Å². The van der Waals surface area contributed by atoms with E-state index in [9.17, 15) is 5.11 Å². The minimum atomic E-state index is -0.138. The van der Waals surface area contributed by atoms with Crippen LogP contribution in [0.3, 0.4) is 0 Å². The van der Waals surface area contributed by atoms with Crippen LogP contribution >= 0.6 is 11.6 Å². The highest BCUT2D eigenvalue weighted by Crippen LogP contribution is 2.18. The molecule has 0 radical (unpaired) electrons. The molecule has 114 valence electrons. The standard InChI is InChI=1S/C15H20ClN3O2/c1-11(2)7-8-19-15(14(9-20)17-18-19)10-21-13-5-3-12(16)4-6-13/h3-6,11,20H,7-10H2,1-2H3. The van der Waals surface area contributed by atoms with E-state index < -0.39 is 0 Å². The molecule has 5 nitrogen and oxygen atoms in total. The predicted octanol–water partition coefficient (Wildman–Crippen LogP) is 3.05. The number of nitrogens with zero attached hydrogens (tertiary/aromatic N) is 3. The van der Waals surface area contributed by atoms with Crippen LogP contribution in [0, 0.1) is 5.92 Å². The third-order valence-corrected chi connectivity index (χ3v) is 3.43. The lowest BCUT2D eigenvalue weighted by atomic mass is 10.1. The zero-order valence-electron chi connectivity index (χ0n) is 12.3. The molecular formula is C15H20ClN3O2. The van der Waals surface area contributed by atoms with Crippen molar-refractivity contribution >= 4 is 11.6 Å². The largest absolute Gasteiger partial charge is 0.487 e. The third kappa shape index (κ3) is 4.44. The third-order valence-electron chi connectivity index (χ3n) is 3.18. The zero-order chi connectivity index (χ0) is 15.2. The van der Waals surface area contributed by atoms with Gasteiger partial charge in [0.2, 0.25) is 0 Å². The van der Waals surface area contributed by atoms with Crippen LogP contribution in [0.4, 0.5) is 0 Å². The fourth-order valence-electron chi connectivity index (χ4n) is 1.89. The van der Waals surface area contributed by atoms with Gasteiger partial charge in [0.05, 0.1) is 6.61 Å². The first-order chi connectivity index (χ1) is 10.1. The molecule has 21 heavy (non-hydrogen) atoms. The van der Waals surface area contributed by atoms with Crippen LogP contribution < -0.4 is 4.74 Å². The summed E-state index contributed by atoms with van der Waals surface area (Å²) in [6, 6.07) is 7.17. The number of aryl methyl sites for hydroxylation is 1. The van der Waals surface area contributed by atoms with Crippen LogP contribution in [0.15, 0.2) is 24.3 Å². The maximum absolute atomic E-state index is 9.35. The summed E-state index contributed by atoms with van der Waals surface area (Å²) in [4.78, 5) is 0. The highest BCUT2D eigenvalue weighted by molar-refractivity contribution is 6.30. The van der Waals surface area contributed by atoms with Crippen molar-refractivity contribution in [2.75, 3.05) is 0 Å². The van der Waals surface area contributed by atoms with Gasteiger partial charge in [-0.25, -0.2) is 4.68 Å². The quantitative estimate of drug-likeness (QED) is 0.854. The smallest absolute Gasteiger partial charge is 0.132 e. The number of aromatic nitrogens is 3. The first-order valence-corrected chi connectivity index (χ1v) is 7.38. The van der Waals surface area contributed by atoms with E-state index in [1.807, 2.05) is 16.8 Å². The van der Waals surface area contributed by atoms with Gasteiger partial charge < -0.3 is 9.84 Å². The van der Waals surface area contributed by atoms with Crippen LogP contribution in [0.25, 0.3) is 0 Å². The summed E-state index contributed by atoms with van der Waals surface area (Å²) in [5.74, 6) is 1.30. The highest BCUT2D eigenvalue weighted by Gasteiger charge is 2.13. The summed E-state index contributed by atoms with van der Waals surface area (Å²) in [7, 11) is 0. The molecule has 1 N–H and O–H groups in total. The number of benzene rings is 1. The van der Waals surface area contributed by atoms with Crippen LogP contribution in [0.5, 0.6) is 5.75 Å². The second kappa shape index (κ2) is 7.43. The Morgan fingerprint density at radius 1 is 1.29 bits per heavy atom. The molecule has 0 atom stereocenters. The van der Waals surface area contributed by atoms with Crippen LogP contribution in [-0.4, -0.2) is 20.1 Å². The number of hydrogen-bond acceptors (Lipinski definition) is 4. The Morgan fingerprint density at radius 3 is 2.62 bits per heavy atom. The van der Waals surface area contributed by atoms with Crippen molar-refractivity contribution in [3.05, 3.63) is 40.7 Å². The second-order valence-electron chi connectivity index (χ2n) is 5.29. The molecule has 0 amide bonds. The van der Waals surface area contributed by atoms with Crippen molar-refractivity contribution in [2.45, 2.75) is 40.0 Å². The van der Waals surface area contributed by atoms with Gasteiger partial charge in [-0.2, -0.15) is 0 Å². The lowest BCUT2D eigenvalue weighted by Crippen LogP contribution is -2.11. The van der Waals surface area contributed by atoms with Gasteiger partial charge in [0, 0.05) is 11.6 Å². The SMILES string of the molecule is CC(C)CCn1nnc(CO)c1COc1ccc(Cl)cc1. The topological polar surface area (TPSA) is 60.2 Å². The lowest BCUT2D eigenvalue weighted by Gasteiger charge is -2.10. The Kier molecular flexibility index (Phi) is 5.59. The average molecular weight is 310 g/mol. The van der Waals surface area contributed by atoms with Gasteiger partial charge in [0.25, 0.3) is 0 Å². The van der Waals surface area contributed by atoms with Crippen molar-refractivity contribution in [1.29, 1.82) is 0 Å². The number of halogens is 1. The van der Waals surface area contributed by atoms with E-state index in [-0.39, 0.29) is 6.61 Å². The van der Waals surface area contributed by atoms with E-state index >= 15 is 0 Å². The Labute approximate surface area is 129 Å². The molecule has 0 spiro atoms. The molecule has 0 saturated heterocycles. The van der Waals surface area contributed by atoms with E-state index in [4.69, 9.17) is 16.3 Å². The van der Waals surface area contributed by atoms with Gasteiger partial charge in [0.1, 0.15) is 23.7 Å². The van der Waals surface area contributed by atoms with Crippen molar-refractivity contribution in [1.82, 2.24) is 15.0 Å². The molecule has 0 aliphatic heterocycles. The van der Waals surface area contributed by atoms with Crippen LogP contribution in [0.2, 0.25) is 5.02 Å². The summed E-state index contributed by atoms with van der Waals surface area (Å²) in [5, 5.41) is 18.1. The van der Waals surface area contributed by atoms with Gasteiger partial charge in [0.15, 0.2) is 0 Å². The monoisotopic (exact) mass is 309 g/mol. The maximum atomic E-state index is 9.35. The van der Waals surface area contributed by atoms with Gasteiger partial charge in [-0.15, -0.1) is 5.10 Å². The molecule has 1 heterocycles. The molecule has 0 aliphatic rings. The summed E-state index contributed by atoms with van der Waals surface area (Å²) >= 11 is 5.84. The summed E-state index contributed by atoms with van der Waals surface area (Å²) in [6.07, 6.45) is 1.00. The van der Waals surface area contributed by atoms with Crippen LogP contribution in [-0.2, 0) is 19.8 Å². The number of hydrogen-bond donors (Lipinski definition) is 1. The summed E-state index contributed by atoms with van der Waals surface area (Å²) in [5.41, 5.74) is 1.38. The molecule has 0 saturated carbocycles. The maximum Gasteiger partial charge on any atom is 0.132 e. The molecule has 1 aromatic carbocycles. The fraction of sp³-hybridized carbons (Fsp3) is 0.467. The van der Waals surface area contributed by atoms with E-state index in [1.165, 1.54) is 0 Å². The van der Waals surface area contributed by atoms with Crippen molar-refractivity contribution < 1.29 is 9.84 Å². The lowest BCUT2D eigenvalue weighted by molar-refractivity contribution is 0.261. The van der Waals surface area contributed by atoms with E-state index in [0.717, 1.165) is 24.4 Å². The highest BCUT2D eigenvalue weighted by atomic mass is 35.5. The molecule has 2 aromatic rings. The molecule has 6 heteroatoms. The van der Waals surface area contributed by atoms with Gasteiger partial charge in [-0.3, -0.25) is 0 Å². The molecule has 0 fully saturated rings. The predicted molar refractivity (Wildman–Crippen MR) is 81.2 cm³/mol. The van der Waals surface area contributed by atoms with Crippen molar-refractivity contribution in [2.24, 2.45) is 5.92 Å². The van der Waals surface area contributed by atoms with E-state index in [2.05, 4.69) is 24.2 Å². The number of ether oxygens (including phenoxy) is 1. The normalized spacial score (nSPS) is 11.1. The Balaban J connectivity index is 2.06. The van der Waals surface area contributed by atoms with Crippen LogP contribution in [0.1, 0.15) is 31.7 Å². The average Bonchev–Trinajstić information content (AvgIpc) is 2.86. The van der Waals surface area contributed by atoms with Gasteiger partial charge >= 0.3 is 0 Å². The first-order valence-electron chi connectivity index (χ1n) is 7.00. The minimum absolute atomic E-state index is 0.138. The Bertz CT molecular complexity index is 567. The molecular weight excluding hydrogens is 290 g/mol. The van der Waals surface area contributed by atoms with E-state index in [1.54, 1.807) is 12.1 Å². The Hall–Kier alpha value is -1.59. The molecule has 1 aromatic heterocycles. The molecule has 0 unspecified atom stereocenters. The number of aliphatic hydroxyl groups is 1. The summed E-state index contributed by atoms with van der Waals surface area (Å²) < 4.78 is 7.53.